The molecule has 5 nitrogen and oxygen atoms in total. The van der Waals surface area contributed by atoms with Crippen molar-refractivity contribution in [2.24, 2.45) is 0 Å². The van der Waals surface area contributed by atoms with Gasteiger partial charge in [-0.05, 0) is 55.5 Å². The summed E-state index contributed by atoms with van der Waals surface area (Å²) in [7, 11) is 0. The molecule has 0 spiro atoms. The number of aromatic nitrogens is 2. The number of carbonyl (C=O) groups is 2. The predicted molar refractivity (Wildman–Crippen MR) is 107 cm³/mol. The molecule has 1 heterocycles. The molecular formula is C21H17ClFN3O2. The Morgan fingerprint density at radius 2 is 1.89 bits per heavy atom. The van der Waals surface area contributed by atoms with Crippen molar-refractivity contribution in [3.8, 4) is 5.69 Å². The number of allylic oxidation sites excluding steroid dienone is 1. The number of benzene rings is 2. The second-order valence-electron chi connectivity index (χ2n) is 6.14. The molecule has 0 atom stereocenters. The van der Waals surface area contributed by atoms with Crippen molar-refractivity contribution in [3.63, 3.8) is 0 Å². The smallest absolute Gasteiger partial charge is 0.221 e. The number of halogens is 2. The number of hydrogen-bond donors (Lipinski definition) is 1. The summed E-state index contributed by atoms with van der Waals surface area (Å²) in [5.41, 5.74) is 2.82. The summed E-state index contributed by atoms with van der Waals surface area (Å²) in [4.78, 5) is 23.6. The highest BCUT2D eigenvalue weighted by Gasteiger charge is 2.13. The zero-order valence-electron chi connectivity index (χ0n) is 15.2. The van der Waals surface area contributed by atoms with Crippen LogP contribution >= 0.6 is 11.6 Å². The zero-order valence-corrected chi connectivity index (χ0v) is 16.0. The molecule has 142 valence electrons. The van der Waals surface area contributed by atoms with Gasteiger partial charge >= 0.3 is 0 Å². The van der Waals surface area contributed by atoms with Crippen LogP contribution in [-0.2, 0) is 4.79 Å². The van der Waals surface area contributed by atoms with Crippen molar-refractivity contribution < 1.29 is 14.0 Å². The van der Waals surface area contributed by atoms with E-state index in [4.69, 9.17) is 11.6 Å². The molecule has 0 bridgehead atoms. The van der Waals surface area contributed by atoms with Crippen LogP contribution < -0.4 is 5.32 Å². The van der Waals surface area contributed by atoms with E-state index in [1.54, 1.807) is 49.4 Å². The Balaban J connectivity index is 1.85. The van der Waals surface area contributed by atoms with Crippen molar-refractivity contribution in [2.75, 3.05) is 5.32 Å². The van der Waals surface area contributed by atoms with Crippen molar-refractivity contribution in [3.05, 3.63) is 82.4 Å². The number of hydrogen-bond acceptors (Lipinski definition) is 3. The Morgan fingerprint density at radius 3 is 2.57 bits per heavy atom. The van der Waals surface area contributed by atoms with Crippen molar-refractivity contribution in [1.29, 1.82) is 0 Å². The number of anilines is 1. The molecule has 0 aliphatic carbocycles. The van der Waals surface area contributed by atoms with Gasteiger partial charge in [0.05, 0.1) is 11.4 Å². The van der Waals surface area contributed by atoms with Gasteiger partial charge in [-0.25, -0.2) is 9.07 Å². The van der Waals surface area contributed by atoms with Crippen LogP contribution in [-0.4, -0.2) is 21.5 Å². The Kier molecular flexibility index (Phi) is 5.70. The summed E-state index contributed by atoms with van der Waals surface area (Å²) in [6, 6.07) is 12.4. The molecule has 1 amide bonds. The summed E-state index contributed by atoms with van der Waals surface area (Å²) < 4.78 is 14.6. The Labute approximate surface area is 166 Å². The number of nitrogens with one attached hydrogen (secondary N) is 1. The van der Waals surface area contributed by atoms with E-state index in [2.05, 4.69) is 10.4 Å². The van der Waals surface area contributed by atoms with E-state index in [1.807, 2.05) is 0 Å². The van der Waals surface area contributed by atoms with Crippen LogP contribution in [0.5, 0.6) is 0 Å². The van der Waals surface area contributed by atoms with Crippen LogP contribution in [0, 0.1) is 12.7 Å². The maximum Gasteiger partial charge on any atom is 0.221 e. The van der Waals surface area contributed by atoms with E-state index in [1.165, 1.54) is 29.8 Å². The van der Waals surface area contributed by atoms with Gasteiger partial charge in [0.2, 0.25) is 5.91 Å². The first-order valence-corrected chi connectivity index (χ1v) is 8.84. The summed E-state index contributed by atoms with van der Waals surface area (Å²) in [6.07, 6.45) is 3.00. The zero-order chi connectivity index (χ0) is 20.3. The van der Waals surface area contributed by atoms with Gasteiger partial charge in [0, 0.05) is 23.7 Å². The Hall–Kier alpha value is -3.25. The molecule has 0 fully saturated rings. The van der Waals surface area contributed by atoms with E-state index >= 15 is 0 Å². The van der Waals surface area contributed by atoms with Gasteiger partial charge in [0.1, 0.15) is 11.0 Å². The highest BCUT2D eigenvalue weighted by molar-refractivity contribution is 6.31. The number of amides is 1. The maximum atomic E-state index is 13.1. The normalized spacial score (nSPS) is 11.0. The van der Waals surface area contributed by atoms with Gasteiger partial charge in [-0.15, -0.1) is 0 Å². The monoisotopic (exact) mass is 397 g/mol. The Morgan fingerprint density at radius 1 is 1.18 bits per heavy atom. The van der Waals surface area contributed by atoms with Crippen molar-refractivity contribution >= 4 is 35.1 Å². The average molecular weight is 398 g/mol. The fourth-order valence-electron chi connectivity index (χ4n) is 2.66. The average Bonchev–Trinajstić information content (AvgIpc) is 2.94. The molecule has 3 rings (SSSR count). The third kappa shape index (κ3) is 4.35. The fourth-order valence-corrected chi connectivity index (χ4v) is 3.00. The Bertz CT molecular complexity index is 1070. The number of aryl methyl sites for hydroxylation is 1. The second-order valence-corrected chi connectivity index (χ2v) is 6.50. The lowest BCUT2D eigenvalue weighted by Crippen LogP contribution is -2.06. The lowest BCUT2D eigenvalue weighted by atomic mass is 10.1. The highest BCUT2D eigenvalue weighted by atomic mass is 35.5. The first kappa shape index (κ1) is 19.5. The molecule has 1 N–H and O–H groups in total. The molecule has 7 heteroatoms. The molecule has 0 aliphatic rings. The van der Waals surface area contributed by atoms with Gasteiger partial charge in [0.15, 0.2) is 5.78 Å². The molecular weight excluding hydrogens is 381 g/mol. The topological polar surface area (TPSA) is 64.0 Å². The van der Waals surface area contributed by atoms with Crippen molar-refractivity contribution in [2.45, 2.75) is 13.8 Å². The fraction of sp³-hybridized carbons (Fsp3) is 0.0952. The quantitative estimate of drug-likeness (QED) is 0.495. The van der Waals surface area contributed by atoms with Gasteiger partial charge in [-0.1, -0.05) is 23.7 Å². The minimum Gasteiger partial charge on any atom is -0.326 e. The predicted octanol–water partition coefficient (Wildman–Crippen LogP) is 4.83. The molecule has 3 aromatic rings. The van der Waals surface area contributed by atoms with Gasteiger partial charge in [-0.3, -0.25) is 9.59 Å². The van der Waals surface area contributed by atoms with Gasteiger partial charge < -0.3 is 5.32 Å². The van der Waals surface area contributed by atoms with Gasteiger partial charge in [0.25, 0.3) is 0 Å². The standard InChI is InChI=1S/C21H17ClFN3O2/c1-13-19(21(22)26(25-13)18-8-6-16(23)7-9-18)10-11-20(28)15-4-3-5-17(12-15)24-14(2)27/h3-12H,1-2H3,(H,24,27)/b11-10+. The van der Waals surface area contributed by atoms with E-state index in [-0.39, 0.29) is 17.5 Å². The number of ketones is 1. The lowest BCUT2D eigenvalue weighted by Gasteiger charge is -2.03. The molecule has 2 aromatic carbocycles. The van der Waals surface area contributed by atoms with Crippen LogP contribution in [0.1, 0.15) is 28.5 Å². The van der Waals surface area contributed by atoms with E-state index in [0.29, 0.717) is 33.3 Å². The third-order valence-electron chi connectivity index (χ3n) is 3.99. The summed E-state index contributed by atoms with van der Waals surface area (Å²) >= 11 is 6.41. The summed E-state index contributed by atoms with van der Waals surface area (Å²) in [6.45, 7) is 3.17. The van der Waals surface area contributed by atoms with Crippen LogP contribution in [0.25, 0.3) is 11.8 Å². The minimum absolute atomic E-state index is 0.212. The first-order valence-electron chi connectivity index (χ1n) is 8.46. The molecule has 0 radical (unpaired) electrons. The molecule has 0 aliphatic heterocycles. The second kappa shape index (κ2) is 8.19. The van der Waals surface area contributed by atoms with Crippen LogP contribution in [0.15, 0.2) is 54.6 Å². The van der Waals surface area contributed by atoms with E-state index in [0.717, 1.165) is 0 Å². The molecule has 1 aromatic heterocycles. The maximum absolute atomic E-state index is 13.1. The van der Waals surface area contributed by atoms with E-state index in [9.17, 15) is 14.0 Å². The van der Waals surface area contributed by atoms with Crippen LogP contribution in [0.2, 0.25) is 5.15 Å². The minimum atomic E-state index is -0.351. The number of rotatable bonds is 5. The third-order valence-corrected chi connectivity index (χ3v) is 4.35. The molecule has 0 saturated heterocycles. The highest BCUT2D eigenvalue weighted by Crippen LogP contribution is 2.25. The summed E-state index contributed by atoms with van der Waals surface area (Å²) in [5.74, 6) is -0.802. The number of carbonyl (C=O) groups excluding carboxylic acids is 2. The molecule has 0 saturated carbocycles. The molecule has 0 unspecified atom stereocenters. The van der Waals surface area contributed by atoms with Crippen molar-refractivity contribution in [1.82, 2.24) is 9.78 Å². The van der Waals surface area contributed by atoms with E-state index < -0.39 is 0 Å². The van der Waals surface area contributed by atoms with Crippen LogP contribution in [0.4, 0.5) is 10.1 Å². The number of nitrogens with zero attached hydrogens (tertiary/aromatic N) is 2. The first-order chi connectivity index (χ1) is 13.3. The SMILES string of the molecule is CC(=O)Nc1cccc(C(=O)/C=C/c2c(C)nn(-c3ccc(F)cc3)c2Cl)c1. The summed E-state index contributed by atoms with van der Waals surface area (Å²) in [5, 5.41) is 7.32. The lowest BCUT2D eigenvalue weighted by molar-refractivity contribution is -0.114. The van der Waals surface area contributed by atoms with Gasteiger partial charge in [-0.2, -0.15) is 5.10 Å². The van der Waals surface area contributed by atoms with Crippen LogP contribution in [0.3, 0.4) is 0 Å². The largest absolute Gasteiger partial charge is 0.326 e. The molecule has 28 heavy (non-hydrogen) atoms.